The normalized spacial score (nSPS) is 18.2. The van der Waals surface area contributed by atoms with Crippen LogP contribution in [0.25, 0.3) is 11.0 Å². The summed E-state index contributed by atoms with van der Waals surface area (Å²) < 4.78 is 0. The molecule has 7 heteroatoms. The Morgan fingerprint density at radius 2 is 1.94 bits per heavy atom. The zero-order valence-corrected chi connectivity index (χ0v) is 21.3. The van der Waals surface area contributed by atoms with Crippen LogP contribution in [0.3, 0.4) is 0 Å². The van der Waals surface area contributed by atoms with Gasteiger partial charge in [0.2, 0.25) is 11.8 Å². The van der Waals surface area contributed by atoms with Gasteiger partial charge in [0.25, 0.3) is 0 Å². The van der Waals surface area contributed by atoms with Gasteiger partial charge < -0.3 is 15.2 Å². The maximum atomic E-state index is 13.4. The van der Waals surface area contributed by atoms with Gasteiger partial charge in [0.05, 0.1) is 23.5 Å². The van der Waals surface area contributed by atoms with Crippen LogP contribution in [0, 0.1) is 12.8 Å². The van der Waals surface area contributed by atoms with Crippen LogP contribution >= 0.6 is 0 Å². The number of nitrogens with one attached hydrogen (secondary N) is 2. The van der Waals surface area contributed by atoms with Crippen molar-refractivity contribution in [2.75, 3.05) is 6.54 Å². The topological polar surface area (TPSA) is 95.2 Å². The molecule has 1 aliphatic rings. The minimum absolute atomic E-state index is 0.0164. The van der Waals surface area contributed by atoms with E-state index in [2.05, 4.69) is 31.1 Å². The molecule has 1 aliphatic heterocycles. The maximum absolute atomic E-state index is 13.4. The minimum Gasteiger partial charge on any atom is -0.346 e. The third kappa shape index (κ3) is 6.67. The van der Waals surface area contributed by atoms with Crippen LogP contribution in [-0.2, 0) is 14.4 Å². The molecule has 3 atom stereocenters. The van der Waals surface area contributed by atoms with Crippen molar-refractivity contribution in [3.05, 3.63) is 29.6 Å². The predicted molar refractivity (Wildman–Crippen MR) is 135 cm³/mol. The second-order valence-corrected chi connectivity index (χ2v) is 10.4. The molecule has 0 saturated carbocycles. The quantitative estimate of drug-likeness (QED) is 0.531. The number of aromatic amines is 1. The van der Waals surface area contributed by atoms with Crippen molar-refractivity contribution in [2.45, 2.75) is 97.6 Å². The van der Waals surface area contributed by atoms with Crippen LogP contribution < -0.4 is 5.32 Å². The number of hydrogen-bond donors (Lipinski definition) is 2. The number of ketones is 1. The average Bonchev–Trinajstić information content (AvgIpc) is 3.23. The summed E-state index contributed by atoms with van der Waals surface area (Å²) in [6, 6.07) is 5.33. The van der Waals surface area contributed by atoms with Crippen LogP contribution in [0.5, 0.6) is 0 Å². The SMILES string of the molecule is Cc1cccc2[nH]c([C@H](C)CC(=O)[C@H](CC(=O)N3CCCC[C@@H]3C)NC(=O)CCC(C)C)nc12. The van der Waals surface area contributed by atoms with Gasteiger partial charge in [-0.25, -0.2) is 4.98 Å². The van der Waals surface area contributed by atoms with Gasteiger partial charge in [0, 0.05) is 31.3 Å². The van der Waals surface area contributed by atoms with E-state index in [0.29, 0.717) is 12.3 Å². The number of aryl methyl sites for hydroxylation is 1. The fraction of sp³-hybridized carbons (Fsp3) is 0.630. The van der Waals surface area contributed by atoms with E-state index in [4.69, 9.17) is 4.98 Å². The summed E-state index contributed by atoms with van der Waals surface area (Å²) in [4.78, 5) is 48.9. The van der Waals surface area contributed by atoms with E-state index in [0.717, 1.165) is 54.6 Å². The molecule has 7 nitrogen and oxygen atoms in total. The van der Waals surface area contributed by atoms with Crippen LogP contribution in [0.4, 0.5) is 0 Å². The number of benzene rings is 1. The van der Waals surface area contributed by atoms with E-state index in [1.165, 1.54) is 0 Å². The minimum atomic E-state index is -0.810. The first-order valence-electron chi connectivity index (χ1n) is 12.7. The second kappa shape index (κ2) is 11.6. The zero-order chi connectivity index (χ0) is 24.8. The first-order chi connectivity index (χ1) is 16.2. The number of piperidine rings is 1. The number of carbonyl (C=O) groups is 3. The Morgan fingerprint density at radius 1 is 1.18 bits per heavy atom. The van der Waals surface area contributed by atoms with E-state index in [9.17, 15) is 14.4 Å². The molecule has 1 aromatic heterocycles. The van der Waals surface area contributed by atoms with Crippen LogP contribution in [0.1, 0.15) is 89.9 Å². The summed E-state index contributed by atoms with van der Waals surface area (Å²) in [6.07, 6.45) is 4.41. The summed E-state index contributed by atoms with van der Waals surface area (Å²) in [5.41, 5.74) is 2.93. The number of para-hydroxylation sites is 1. The van der Waals surface area contributed by atoms with Gasteiger partial charge in [-0.15, -0.1) is 0 Å². The molecule has 1 saturated heterocycles. The number of H-pyrrole nitrogens is 1. The molecular weight excluding hydrogens is 428 g/mol. The lowest BCUT2D eigenvalue weighted by Gasteiger charge is -2.34. The Balaban J connectivity index is 1.71. The first-order valence-corrected chi connectivity index (χ1v) is 12.7. The summed E-state index contributed by atoms with van der Waals surface area (Å²) in [6.45, 7) is 10.9. The lowest BCUT2D eigenvalue weighted by atomic mass is 9.96. The summed E-state index contributed by atoms with van der Waals surface area (Å²) in [7, 11) is 0. The van der Waals surface area contributed by atoms with E-state index in [1.54, 1.807) is 0 Å². The van der Waals surface area contributed by atoms with Gasteiger partial charge in [-0.3, -0.25) is 14.4 Å². The molecule has 1 aromatic carbocycles. The highest BCUT2D eigenvalue weighted by molar-refractivity contribution is 5.93. The van der Waals surface area contributed by atoms with Crippen LogP contribution in [-0.4, -0.2) is 51.1 Å². The molecule has 2 amide bonds. The molecule has 2 aromatic rings. The van der Waals surface area contributed by atoms with Gasteiger partial charge >= 0.3 is 0 Å². The molecule has 1 fully saturated rings. The molecule has 186 valence electrons. The van der Waals surface area contributed by atoms with Gasteiger partial charge in [-0.2, -0.15) is 0 Å². The zero-order valence-electron chi connectivity index (χ0n) is 21.3. The van der Waals surface area contributed by atoms with Crippen molar-refractivity contribution in [2.24, 2.45) is 5.92 Å². The number of amides is 2. The van der Waals surface area contributed by atoms with Crippen molar-refractivity contribution >= 4 is 28.6 Å². The van der Waals surface area contributed by atoms with Gasteiger partial charge in [-0.05, 0) is 57.1 Å². The highest BCUT2D eigenvalue weighted by Crippen LogP contribution is 2.24. The Labute approximate surface area is 203 Å². The number of carbonyl (C=O) groups excluding carboxylic acids is 3. The second-order valence-electron chi connectivity index (χ2n) is 10.4. The smallest absolute Gasteiger partial charge is 0.225 e. The Kier molecular flexibility index (Phi) is 8.86. The van der Waals surface area contributed by atoms with Crippen molar-refractivity contribution in [3.63, 3.8) is 0 Å². The largest absolute Gasteiger partial charge is 0.346 e. The summed E-state index contributed by atoms with van der Waals surface area (Å²) in [5.74, 6) is 0.644. The number of imidazole rings is 1. The number of Topliss-reactive ketones (excluding diaryl/α,β-unsaturated/α-hetero) is 1. The summed E-state index contributed by atoms with van der Waals surface area (Å²) in [5, 5.41) is 2.88. The number of rotatable bonds is 10. The number of fused-ring (bicyclic) bond motifs is 1. The van der Waals surface area contributed by atoms with E-state index >= 15 is 0 Å². The van der Waals surface area contributed by atoms with Crippen molar-refractivity contribution in [1.29, 1.82) is 0 Å². The number of nitrogens with zero attached hydrogens (tertiary/aromatic N) is 2. The fourth-order valence-electron chi connectivity index (χ4n) is 4.66. The Bertz CT molecular complexity index is 1010. The Morgan fingerprint density at radius 3 is 2.62 bits per heavy atom. The number of aromatic nitrogens is 2. The molecule has 0 bridgehead atoms. The molecule has 2 N–H and O–H groups in total. The fourth-order valence-corrected chi connectivity index (χ4v) is 4.66. The third-order valence-corrected chi connectivity index (χ3v) is 6.88. The highest BCUT2D eigenvalue weighted by atomic mass is 16.2. The molecular formula is C27H40N4O3. The first kappa shape index (κ1) is 25.9. The maximum Gasteiger partial charge on any atom is 0.225 e. The average molecular weight is 469 g/mol. The molecule has 0 aliphatic carbocycles. The lowest BCUT2D eigenvalue weighted by molar-refractivity contribution is -0.138. The van der Waals surface area contributed by atoms with Gasteiger partial charge in [-0.1, -0.05) is 32.9 Å². The van der Waals surface area contributed by atoms with Gasteiger partial charge in [0.1, 0.15) is 5.82 Å². The van der Waals surface area contributed by atoms with Crippen molar-refractivity contribution in [3.8, 4) is 0 Å². The van der Waals surface area contributed by atoms with E-state index < -0.39 is 6.04 Å². The van der Waals surface area contributed by atoms with Crippen molar-refractivity contribution in [1.82, 2.24) is 20.2 Å². The summed E-state index contributed by atoms with van der Waals surface area (Å²) >= 11 is 0. The van der Waals surface area contributed by atoms with E-state index in [-0.39, 0.29) is 42.4 Å². The Hall–Kier alpha value is -2.70. The van der Waals surface area contributed by atoms with Crippen molar-refractivity contribution < 1.29 is 14.4 Å². The molecule has 0 spiro atoms. The van der Waals surface area contributed by atoms with Crippen LogP contribution in [0.2, 0.25) is 0 Å². The number of hydrogen-bond acceptors (Lipinski definition) is 4. The molecule has 2 heterocycles. The lowest BCUT2D eigenvalue weighted by Crippen LogP contribution is -2.48. The molecule has 0 unspecified atom stereocenters. The third-order valence-electron chi connectivity index (χ3n) is 6.88. The molecule has 0 radical (unpaired) electrons. The predicted octanol–water partition coefficient (Wildman–Crippen LogP) is 4.65. The van der Waals surface area contributed by atoms with Gasteiger partial charge in [0.15, 0.2) is 5.78 Å². The molecule has 34 heavy (non-hydrogen) atoms. The molecule has 3 rings (SSSR count). The monoisotopic (exact) mass is 468 g/mol. The van der Waals surface area contributed by atoms with E-state index in [1.807, 2.05) is 36.9 Å². The highest BCUT2D eigenvalue weighted by Gasteiger charge is 2.30. The standard InChI is InChI=1S/C27H40N4O3/c1-17(2)12-13-24(33)28-22(16-25(34)31-14-7-6-10-20(31)5)23(32)15-19(4)27-29-21-11-8-9-18(3)26(21)30-27/h8-9,11,17,19-20,22H,6-7,10,12-16H2,1-5H3,(H,28,33)(H,29,30)/t19-,20+,22+/m1/s1. The number of likely N-dealkylation sites (tertiary alicyclic amines) is 1. The van der Waals surface area contributed by atoms with Crippen LogP contribution in [0.15, 0.2) is 18.2 Å².